The summed E-state index contributed by atoms with van der Waals surface area (Å²) in [4.78, 5) is 2.66. The second-order valence-corrected chi connectivity index (χ2v) is 5.42. The Kier molecular flexibility index (Phi) is 4.43. The van der Waals surface area contributed by atoms with E-state index in [9.17, 15) is 0 Å². The van der Waals surface area contributed by atoms with E-state index in [0.29, 0.717) is 22.4 Å². The minimum atomic E-state index is 0.344. The predicted octanol–water partition coefficient (Wildman–Crippen LogP) is 2.45. The summed E-state index contributed by atoms with van der Waals surface area (Å²) in [6, 6.07) is 6.13. The molecule has 3 nitrogen and oxygen atoms in total. The second-order valence-electron chi connectivity index (χ2n) is 4.57. The SMILES string of the molecule is CN(CCOc1ccc(C(N)=S)cc1Cl)C1CC1. The predicted molar refractivity (Wildman–Crippen MR) is 78.5 cm³/mol. The number of ether oxygens (including phenoxy) is 1. The van der Waals surface area contributed by atoms with Crippen LogP contribution >= 0.6 is 23.8 Å². The first kappa shape index (κ1) is 13.6. The topological polar surface area (TPSA) is 38.5 Å². The first-order valence-corrected chi connectivity index (χ1v) is 6.79. The summed E-state index contributed by atoms with van der Waals surface area (Å²) in [5, 5.41) is 0.550. The summed E-state index contributed by atoms with van der Waals surface area (Å²) in [5.41, 5.74) is 6.30. The molecule has 0 aliphatic heterocycles. The standard InChI is InChI=1S/C13H17ClN2OS/c1-16(10-3-4-10)6-7-17-12-5-2-9(13(15)18)8-11(12)14/h2,5,8,10H,3-4,6-7H2,1H3,(H2,15,18). The maximum absolute atomic E-state index is 6.11. The van der Waals surface area contributed by atoms with Crippen molar-refractivity contribution in [3.05, 3.63) is 28.8 Å². The normalized spacial score (nSPS) is 14.8. The molecule has 0 radical (unpaired) electrons. The molecule has 5 heteroatoms. The molecule has 1 aliphatic carbocycles. The van der Waals surface area contributed by atoms with Crippen molar-refractivity contribution in [2.45, 2.75) is 18.9 Å². The number of thiocarbonyl (C=S) groups is 1. The lowest BCUT2D eigenvalue weighted by Gasteiger charge is -2.16. The van der Waals surface area contributed by atoms with Crippen LogP contribution in [0.15, 0.2) is 18.2 Å². The summed E-state index contributed by atoms with van der Waals surface area (Å²) in [6.07, 6.45) is 2.61. The quantitative estimate of drug-likeness (QED) is 0.815. The van der Waals surface area contributed by atoms with Gasteiger partial charge in [0.05, 0.1) is 5.02 Å². The van der Waals surface area contributed by atoms with Crippen LogP contribution in [0.1, 0.15) is 18.4 Å². The third-order valence-corrected chi connectivity index (χ3v) is 3.62. The molecule has 1 aromatic rings. The summed E-state index contributed by atoms with van der Waals surface area (Å²) in [6.45, 7) is 1.55. The van der Waals surface area contributed by atoms with Crippen LogP contribution in [-0.2, 0) is 0 Å². The lowest BCUT2D eigenvalue weighted by Crippen LogP contribution is -2.26. The Bertz CT molecular complexity index is 449. The molecule has 0 atom stereocenters. The van der Waals surface area contributed by atoms with E-state index in [1.54, 1.807) is 6.07 Å². The third-order valence-electron chi connectivity index (χ3n) is 3.09. The van der Waals surface area contributed by atoms with Gasteiger partial charge in [0.1, 0.15) is 17.3 Å². The van der Waals surface area contributed by atoms with Crippen LogP contribution < -0.4 is 10.5 Å². The lowest BCUT2D eigenvalue weighted by atomic mass is 10.2. The van der Waals surface area contributed by atoms with Gasteiger partial charge in [-0.1, -0.05) is 23.8 Å². The summed E-state index contributed by atoms with van der Waals surface area (Å²) < 4.78 is 5.66. The first-order valence-electron chi connectivity index (χ1n) is 6.00. The summed E-state index contributed by atoms with van der Waals surface area (Å²) in [5.74, 6) is 0.681. The van der Waals surface area contributed by atoms with Gasteiger partial charge in [0.25, 0.3) is 0 Å². The molecule has 2 rings (SSSR count). The van der Waals surface area contributed by atoms with Crippen molar-refractivity contribution in [1.82, 2.24) is 4.90 Å². The highest BCUT2D eigenvalue weighted by Gasteiger charge is 2.25. The van der Waals surface area contributed by atoms with Gasteiger partial charge in [-0.3, -0.25) is 0 Å². The van der Waals surface area contributed by atoms with Crippen molar-refractivity contribution < 1.29 is 4.74 Å². The van der Waals surface area contributed by atoms with E-state index in [2.05, 4.69) is 11.9 Å². The number of likely N-dealkylation sites (N-methyl/N-ethyl adjacent to an activating group) is 1. The van der Waals surface area contributed by atoms with Crippen LogP contribution in [-0.4, -0.2) is 36.1 Å². The molecule has 0 aromatic heterocycles. The molecule has 0 bridgehead atoms. The molecule has 0 spiro atoms. The maximum atomic E-state index is 6.11. The summed E-state index contributed by atoms with van der Waals surface area (Å²) >= 11 is 11.0. The largest absolute Gasteiger partial charge is 0.491 e. The molecule has 1 aromatic carbocycles. The Morgan fingerprint density at radius 2 is 2.28 bits per heavy atom. The van der Waals surface area contributed by atoms with E-state index < -0.39 is 0 Å². The van der Waals surface area contributed by atoms with Crippen molar-refractivity contribution in [2.24, 2.45) is 5.73 Å². The zero-order valence-corrected chi connectivity index (χ0v) is 11.9. The Morgan fingerprint density at radius 1 is 1.56 bits per heavy atom. The van der Waals surface area contributed by atoms with Crippen molar-refractivity contribution in [3.8, 4) is 5.75 Å². The van der Waals surface area contributed by atoms with Crippen LogP contribution in [0.5, 0.6) is 5.75 Å². The fourth-order valence-electron chi connectivity index (χ4n) is 1.77. The summed E-state index contributed by atoms with van der Waals surface area (Å²) in [7, 11) is 2.12. The number of nitrogens with two attached hydrogens (primary N) is 1. The van der Waals surface area contributed by atoms with E-state index in [4.69, 9.17) is 34.3 Å². The molecule has 1 fully saturated rings. The van der Waals surface area contributed by atoms with Gasteiger partial charge in [-0.2, -0.15) is 0 Å². The van der Waals surface area contributed by atoms with Gasteiger partial charge in [-0.05, 0) is 38.1 Å². The van der Waals surface area contributed by atoms with Gasteiger partial charge in [0.2, 0.25) is 0 Å². The Morgan fingerprint density at radius 3 is 2.83 bits per heavy atom. The molecule has 0 heterocycles. The molecule has 0 amide bonds. The van der Waals surface area contributed by atoms with Crippen molar-refractivity contribution >= 4 is 28.8 Å². The van der Waals surface area contributed by atoms with Gasteiger partial charge >= 0.3 is 0 Å². The van der Waals surface area contributed by atoms with E-state index in [1.807, 2.05) is 12.1 Å². The van der Waals surface area contributed by atoms with E-state index in [1.165, 1.54) is 12.8 Å². The second kappa shape index (κ2) is 5.87. The zero-order chi connectivity index (χ0) is 13.1. The first-order chi connectivity index (χ1) is 8.58. The van der Waals surface area contributed by atoms with Crippen LogP contribution in [0, 0.1) is 0 Å². The van der Waals surface area contributed by atoms with E-state index in [0.717, 1.165) is 18.2 Å². The molecule has 2 N–H and O–H groups in total. The van der Waals surface area contributed by atoms with Gasteiger partial charge in [0, 0.05) is 18.2 Å². The maximum Gasteiger partial charge on any atom is 0.137 e. The molecular weight excluding hydrogens is 268 g/mol. The number of hydrogen-bond acceptors (Lipinski definition) is 3. The highest BCUT2D eigenvalue weighted by molar-refractivity contribution is 7.80. The van der Waals surface area contributed by atoms with Crippen LogP contribution in [0.25, 0.3) is 0 Å². The highest BCUT2D eigenvalue weighted by atomic mass is 35.5. The van der Waals surface area contributed by atoms with Crippen LogP contribution in [0.2, 0.25) is 5.02 Å². The van der Waals surface area contributed by atoms with Gasteiger partial charge in [0.15, 0.2) is 0 Å². The number of benzene rings is 1. The number of hydrogen-bond donors (Lipinski definition) is 1. The number of halogens is 1. The van der Waals surface area contributed by atoms with Gasteiger partial charge in [-0.15, -0.1) is 0 Å². The van der Waals surface area contributed by atoms with Crippen molar-refractivity contribution in [3.63, 3.8) is 0 Å². The Labute approximate surface area is 118 Å². The smallest absolute Gasteiger partial charge is 0.137 e. The van der Waals surface area contributed by atoms with Crippen LogP contribution in [0.4, 0.5) is 0 Å². The molecular formula is C13H17ClN2OS. The van der Waals surface area contributed by atoms with E-state index in [-0.39, 0.29) is 0 Å². The Hall–Kier alpha value is -0.840. The average Bonchev–Trinajstić information content (AvgIpc) is 3.14. The monoisotopic (exact) mass is 284 g/mol. The van der Waals surface area contributed by atoms with Crippen molar-refractivity contribution in [1.29, 1.82) is 0 Å². The van der Waals surface area contributed by atoms with Gasteiger partial charge in [-0.25, -0.2) is 0 Å². The minimum Gasteiger partial charge on any atom is -0.491 e. The van der Waals surface area contributed by atoms with Crippen LogP contribution in [0.3, 0.4) is 0 Å². The Balaban J connectivity index is 1.86. The number of rotatable bonds is 6. The molecule has 1 saturated carbocycles. The fraction of sp³-hybridized carbons (Fsp3) is 0.462. The minimum absolute atomic E-state index is 0.344. The number of nitrogens with zero attached hydrogens (tertiary/aromatic N) is 1. The fourth-order valence-corrected chi connectivity index (χ4v) is 2.13. The lowest BCUT2D eigenvalue weighted by molar-refractivity contribution is 0.232. The highest BCUT2D eigenvalue weighted by Crippen LogP contribution is 2.27. The molecule has 98 valence electrons. The average molecular weight is 285 g/mol. The third kappa shape index (κ3) is 3.57. The zero-order valence-electron chi connectivity index (χ0n) is 10.4. The van der Waals surface area contributed by atoms with E-state index >= 15 is 0 Å². The van der Waals surface area contributed by atoms with Crippen molar-refractivity contribution in [2.75, 3.05) is 20.2 Å². The molecule has 0 unspecified atom stereocenters. The van der Waals surface area contributed by atoms with Gasteiger partial charge < -0.3 is 15.4 Å². The molecule has 0 saturated heterocycles. The molecule has 18 heavy (non-hydrogen) atoms. The molecule has 1 aliphatic rings.